The van der Waals surface area contributed by atoms with E-state index in [9.17, 15) is 4.79 Å². The minimum atomic E-state index is -0.302. The van der Waals surface area contributed by atoms with Crippen molar-refractivity contribution in [3.8, 4) is 17.6 Å². The molecule has 1 unspecified atom stereocenters. The predicted molar refractivity (Wildman–Crippen MR) is 104 cm³/mol. The molecule has 142 valence electrons. The molecule has 2 rings (SSSR count). The Balaban J connectivity index is 2.12. The van der Waals surface area contributed by atoms with Crippen LogP contribution in [-0.2, 0) is 11.3 Å². The lowest BCUT2D eigenvalue weighted by molar-refractivity contribution is -0.907. The minimum Gasteiger partial charge on any atom is -0.493 e. The van der Waals surface area contributed by atoms with Crippen molar-refractivity contribution in [2.24, 2.45) is 0 Å². The normalized spacial score (nSPS) is 12.6. The second-order valence-corrected chi connectivity index (χ2v) is 6.53. The fourth-order valence-electron chi connectivity index (χ4n) is 2.82. The van der Waals surface area contributed by atoms with Crippen molar-refractivity contribution in [3.05, 3.63) is 53.1 Å². The molecule has 0 heterocycles. The summed E-state index contributed by atoms with van der Waals surface area (Å²) in [7, 11) is 5.19. The van der Waals surface area contributed by atoms with Crippen molar-refractivity contribution in [1.29, 1.82) is 5.26 Å². The third-order valence-corrected chi connectivity index (χ3v) is 4.75. The van der Waals surface area contributed by atoms with Gasteiger partial charge in [0.1, 0.15) is 12.6 Å². The van der Waals surface area contributed by atoms with Crippen molar-refractivity contribution in [2.75, 3.05) is 26.6 Å². The lowest BCUT2D eigenvalue weighted by atomic mass is 10.1. The fourth-order valence-corrected chi connectivity index (χ4v) is 2.82. The van der Waals surface area contributed by atoms with E-state index in [2.05, 4.69) is 11.4 Å². The number of aryl methyl sites for hydroxylation is 1. The number of nitrogens with zero attached hydrogens (tertiary/aromatic N) is 1. The monoisotopic (exact) mass is 368 g/mol. The second kappa shape index (κ2) is 9.06. The van der Waals surface area contributed by atoms with Crippen molar-refractivity contribution < 1.29 is 19.2 Å². The topological polar surface area (TPSA) is 75.8 Å². The average molecular weight is 368 g/mol. The number of hydrogen-bond donors (Lipinski definition) is 2. The van der Waals surface area contributed by atoms with Crippen LogP contribution in [0.5, 0.6) is 11.5 Å². The summed E-state index contributed by atoms with van der Waals surface area (Å²) in [5.74, 6) is 1.23. The van der Waals surface area contributed by atoms with E-state index in [1.165, 1.54) is 0 Å². The predicted octanol–water partition coefficient (Wildman–Crippen LogP) is 1.93. The van der Waals surface area contributed by atoms with Gasteiger partial charge in [-0.15, -0.1) is 0 Å². The molecule has 2 atom stereocenters. The van der Waals surface area contributed by atoms with Crippen molar-refractivity contribution in [3.63, 3.8) is 0 Å². The summed E-state index contributed by atoms with van der Waals surface area (Å²) in [4.78, 5) is 13.7. The first-order chi connectivity index (χ1) is 12.9. The summed E-state index contributed by atoms with van der Waals surface area (Å²) in [6.07, 6.45) is 0. The standard InChI is InChI=1S/C21H25N3O3/c1-14-10-19(26-4)20(27-5)11-17(14)13-24(3)15(2)21(25)23-18-9-7-6-8-16(18)12-22/h6-11,15H,13H2,1-5H3,(H,23,25)/p+1/t15-/m1/s1. The third kappa shape index (κ3) is 4.78. The molecule has 2 N–H and O–H groups in total. The molecule has 0 aliphatic rings. The Labute approximate surface area is 160 Å². The number of benzene rings is 2. The number of rotatable bonds is 7. The molecular weight excluding hydrogens is 342 g/mol. The zero-order valence-electron chi connectivity index (χ0n) is 16.4. The highest BCUT2D eigenvalue weighted by Gasteiger charge is 2.24. The molecule has 2 aromatic rings. The van der Waals surface area contributed by atoms with Gasteiger partial charge in [0.15, 0.2) is 17.5 Å². The Morgan fingerprint density at radius 2 is 1.85 bits per heavy atom. The van der Waals surface area contributed by atoms with Gasteiger partial charge in [0, 0.05) is 5.56 Å². The van der Waals surface area contributed by atoms with Crippen LogP contribution < -0.4 is 19.7 Å². The van der Waals surface area contributed by atoms with Gasteiger partial charge in [0.2, 0.25) is 0 Å². The molecule has 0 aliphatic heterocycles. The van der Waals surface area contributed by atoms with Crippen LogP contribution in [0, 0.1) is 18.3 Å². The van der Waals surface area contributed by atoms with E-state index in [1.54, 1.807) is 38.5 Å². The van der Waals surface area contributed by atoms with E-state index in [-0.39, 0.29) is 11.9 Å². The maximum Gasteiger partial charge on any atom is 0.282 e. The van der Waals surface area contributed by atoms with Gasteiger partial charge in [-0.1, -0.05) is 12.1 Å². The molecule has 0 bridgehead atoms. The molecular formula is C21H26N3O3+. The summed E-state index contributed by atoms with van der Waals surface area (Å²) in [5.41, 5.74) is 3.15. The molecule has 0 aromatic heterocycles. The number of anilines is 1. The molecule has 0 aliphatic carbocycles. The fraction of sp³-hybridized carbons (Fsp3) is 0.333. The lowest BCUT2D eigenvalue weighted by Crippen LogP contribution is -3.12. The van der Waals surface area contributed by atoms with Crippen LogP contribution in [0.25, 0.3) is 0 Å². The number of quaternary nitrogens is 1. The Kier molecular flexibility index (Phi) is 6.80. The Bertz CT molecular complexity index is 858. The van der Waals surface area contributed by atoms with Gasteiger partial charge >= 0.3 is 0 Å². The third-order valence-electron chi connectivity index (χ3n) is 4.75. The number of carbonyl (C=O) groups excluding carboxylic acids is 1. The largest absolute Gasteiger partial charge is 0.493 e. The average Bonchev–Trinajstić information content (AvgIpc) is 2.68. The lowest BCUT2D eigenvalue weighted by Gasteiger charge is -2.22. The number of likely N-dealkylation sites (N-methyl/N-ethyl adjacent to an activating group) is 1. The van der Waals surface area contributed by atoms with Crippen LogP contribution in [0.4, 0.5) is 5.69 Å². The Morgan fingerprint density at radius 3 is 2.48 bits per heavy atom. The number of nitrogens with one attached hydrogen (secondary N) is 2. The van der Waals surface area contributed by atoms with Crippen molar-refractivity contribution >= 4 is 11.6 Å². The number of carbonyl (C=O) groups is 1. The molecule has 0 spiro atoms. The molecule has 6 nitrogen and oxygen atoms in total. The van der Waals surface area contributed by atoms with E-state index in [0.717, 1.165) is 16.0 Å². The summed E-state index contributed by atoms with van der Waals surface area (Å²) < 4.78 is 10.7. The van der Waals surface area contributed by atoms with Crippen LogP contribution >= 0.6 is 0 Å². The van der Waals surface area contributed by atoms with Gasteiger partial charge in [-0.05, 0) is 43.7 Å². The molecule has 0 radical (unpaired) electrons. The first kappa shape index (κ1) is 20.3. The second-order valence-electron chi connectivity index (χ2n) is 6.53. The molecule has 6 heteroatoms. The highest BCUT2D eigenvalue weighted by Crippen LogP contribution is 2.29. The first-order valence-electron chi connectivity index (χ1n) is 8.75. The quantitative estimate of drug-likeness (QED) is 0.783. The van der Waals surface area contributed by atoms with Gasteiger partial charge in [-0.2, -0.15) is 5.26 Å². The summed E-state index contributed by atoms with van der Waals surface area (Å²) >= 11 is 0. The molecule has 0 fully saturated rings. The van der Waals surface area contributed by atoms with Crippen LogP contribution in [0.15, 0.2) is 36.4 Å². The van der Waals surface area contributed by atoms with Gasteiger partial charge in [-0.3, -0.25) is 4.79 Å². The number of amides is 1. The number of ether oxygens (including phenoxy) is 2. The number of hydrogen-bond acceptors (Lipinski definition) is 4. The van der Waals surface area contributed by atoms with Gasteiger partial charge < -0.3 is 19.7 Å². The SMILES string of the molecule is COc1cc(C)c(C[NH+](C)[C@H](C)C(=O)Nc2ccccc2C#N)cc1OC. The van der Waals surface area contributed by atoms with E-state index >= 15 is 0 Å². The molecule has 0 saturated heterocycles. The molecule has 27 heavy (non-hydrogen) atoms. The molecule has 0 saturated carbocycles. The maximum absolute atomic E-state index is 12.6. The Morgan fingerprint density at radius 1 is 1.22 bits per heavy atom. The van der Waals surface area contributed by atoms with Crippen LogP contribution in [0.1, 0.15) is 23.6 Å². The first-order valence-corrected chi connectivity index (χ1v) is 8.75. The van der Waals surface area contributed by atoms with E-state index in [0.29, 0.717) is 29.3 Å². The minimum absolute atomic E-state index is 0.131. The van der Waals surface area contributed by atoms with Crippen molar-refractivity contribution in [2.45, 2.75) is 26.4 Å². The van der Waals surface area contributed by atoms with Gasteiger partial charge in [-0.25, -0.2) is 0 Å². The van der Waals surface area contributed by atoms with Crippen LogP contribution in [0.2, 0.25) is 0 Å². The number of methoxy groups -OCH3 is 2. The number of nitriles is 1. The van der Waals surface area contributed by atoms with E-state index < -0.39 is 0 Å². The van der Waals surface area contributed by atoms with Crippen LogP contribution in [-0.4, -0.2) is 33.2 Å². The highest BCUT2D eigenvalue weighted by atomic mass is 16.5. The zero-order chi connectivity index (χ0) is 20.0. The molecule has 2 aromatic carbocycles. The summed E-state index contributed by atoms with van der Waals surface area (Å²) in [6.45, 7) is 4.54. The molecule has 1 amide bonds. The summed E-state index contributed by atoms with van der Waals surface area (Å²) in [6, 6.07) is 12.7. The van der Waals surface area contributed by atoms with E-state index in [1.807, 2.05) is 33.0 Å². The van der Waals surface area contributed by atoms with Gasteiger partial charge in [0.05, 0.1) is 32.5 Å². The van der Waals surface area contributed by atoms with Crippen molar-refractivity contribution in [1.82, 2.24) is 0 Å². The summed E-state index contributed by atoms with van der Waals surface area (Å²) in [5, 5.41) is 12.0. The maximum atomic E-state index is 12.6. The highest BCUT2D eigenvalue weighted by molar-refractivity contribution is 5.94. The zero-order valence-corrected chi connectivity index (χ0v) is 16.4. The number of para-hydroxylation sites is 1. The Hall–Kier alpha value is -3.04. The smallest absolute Gasteiger partial charge is 0.282 e. The van der Waals surface area contributed by atoms with E-state index in [4.69, 9.17) is 14.7 Å². The van der Waals surface area contributed by atoms with Crippen LogP contribution in [0.3, 0.4) is 0 Å². The van der Waals surface area contributed by atoms with Gasteiger partial charge in [0.25, 0.3) is 5.91 Å².